The zero-order valence-corrected chi connectivity index (χ0v) is 8.78. The number of rotatable bonds is 1. The van der Waals surface area contributed by atoms with Gasteiger partial charge in [0.05, 0.1) is 13.1 Å². The molecule has 0 aromatic heterocycles. The van der Waals surface area contributed by atoms with Crippen LogP contribution < -0.4 is 16.0 Å². The first-order valence-electron chi connectivity index (χ1n) is 5.22. The van der Waals surface area contributed by atoms with E-state index in [0.717, 1.165) is 0 Å². The van der Waals surface area contributed by atoms with Crippen LogP contribution >= 0.6 is 0 Å². The Morgan fingerprint density at radius 2 is 2.06 bits per heavy atom. The first-order chi connectivity index (χ1) is 7.66. The van der Waals surface area contributed by atoms with Crippen molar-refractivity contribution in [3.8, 4) is 0 Å². The summed E-state index contributed by atoms with van der Waals surface area (Å²) in [5.41, 5.74) is 0. The number of carbonyl (C=O) groups excluding carboxylic acids is 3. The summed E-state index contributed by atoms with van der Waals surface area (Å²) in [5, 5.41) is 8.11. The molecule has 0 aromatic rings. The van der Waals surface area contributed by atoms with Crippen LogP contribution in [0, 0.1) is 0 Å². The molecule has 0 aliphatic carbocycles. The Morgan fingerprint density at radius 3 is 2.69 bits per heavy atom. The lowest BCUT2D eigenvalue weighted by Crippen LogP contribution is -2.61. The zero-order valence-electron chi connectivity index (χ0n) is 8.78. The van der Waals surface area contributed by atoms with E-state index < -0.39 is 6.04 Å². The molecule has 3 amide bonds. The molecule has 2 fully saturated rings. The van der Waals surface area contributed by atoms with Gasteiger partial charge in [0.25, 0.3) is 0 Å². The maximum absolute atomic E-state index is 11.9. The van der Waals surface area contributed by atoms with Gasteiger partial charge >= 0.3 is 0 Å². The van der Waals surface area contributed by atoms with Gasteiger partial charge in [-0.25, -0.2) is 0 Å². The highest BCUT2D eigenvalue weighted by atomic mass is 16.2. The normalized spacial score (nSPS) is 26.0. The minimum Gasteiger partial charge on any atom is -0.353 e. The zero-order chi connectivity index (χ0) is 11.5. The molecular formula is C9H14N4O3. The molecule has 7 nitrogen and oxygen atoms in total. The van der Waals surface area contributed by atoms with Crippen LogP contribution in [0.1, 0.15) is 0 Å². The fourth-order valence-corrected chi connectivity index (χ4v) is 1.79. The Morgan fingerprint density at radius 1 is 1.25 bits per heavy atom. The monoisotopic (exact) mass is 226 g/mol. The molecule has 7 heteroatoms. The van der Waals surface area contributed by atoms with E-state index in [0.29, 0.717) is 13.1 Å². The van der Waals surface area contributed by atoms with Gasteiger partial charge in [-0.2, -0.15) is 0 Å². The van der Waals surface area contributed by atoms with Gasteiger partial charge in [-0.3, -0.25) is 19.7 Å². The summed E-state index contributed by atoms with van der Waals surface area (Å²) >= 11 is 0. The molecule has 2 rings (SSSR count). The second-order valence-electron chi connectivity index (χ2n) is 3.85. The van der Waals surface area contributed by atoms with E-state index >= 15 is 0 Å². The van der Waals surface area contributed by atoms with Gasteiger partial charge in [0.15, 0.2) is 0 Å². The molecule has 0 saturated carbocycles. The van der Waals surface area contributed by atoms with E-state index in [1.807, 2.05) is 0 Å². The average molecular weight is 226 g/mol. The Kier molecular flexibility index (Phi) is 3.04. The van der Waals surface area contributed by atoms with Gasteiger partial charge in [-0.05, 0) is 0 Å². The standard InChI is InChI=1S/C9H14N4O3/c14-7-4-11-6(3-12-7)9(16)13-2-1-10-8(15)5-13/h6,11H,1-5H2,(H,10,15)(H,12,14). The predicted octanol–water partition coefficient (Wildman–Crippen LogP) is -2.97. The number of carbonyl (C=O) groups is 3. The van der Waals surface area contributed by atoms with Gasteiger partial charge in [0.1, 0.15) is 6.04 Å². The molecule has 1 atom stereocenters. The van der Waals surface area contributed by atoms with Crippen molar-refractivity contribution in [2.75, 3.05) is 32.7 Å². The predicted molar refractivity (Wildman–Crippen MR) is 54.4 cm³/mol. The molecule has 88 valence electrons. The molecular weight excluding hydrogens is 212 g/mol. The first-order valence-corrected chi connectivity index (χ1v) is 5.22. The van der Waals surface area contributed by atoms with Crippen molar-refractivity contribution in [3.63, 3.8) is 0 Å². The lowest BCUT2D eigenvalue weighted by atomic mass is 10.2. The number of hydrogen-bond acceptors (Lipinski definition) is 4. The summed E-state index contributed by atoms with van der Waals surface area (Å²) in [6.07, 6.45) is 0. The topological polar surface area (TPSA) is 90.5 Å². The maximum atomic E-state index is 11.9. The first kappa shape index (κ1) is 10.9. The summed E-state index contributed by atoms with van der Waals surface area (Å²) in [7, 11) is 0. The second-order valence-corrected chi connectivity index (χ2v) is 3.85. The number of amides is 3. The van der Waals surface area contributed by atoms with Gasteiger partial charge in [-0.1, -0.05) is 0 Å². The largest absolute Gasteiger partial charge is 0.353 e. The van der Waals surface area contributed by atoms with E-state index in [1.54, 1.807) is 0 Å². The van der Waals surface area contributed by atoms with Crippen LogP contribution in [0.15, 0.2) is 0 Å². The fraction of sp³-hybridized carbons (Fsp3) is 0.667. The van der Waals surface area contributed by atoms with Crippen LogP contribution in [0.4, 0.5) is 0 Å². The number of nitrogens with zero attached hydrogens (tertiary/aromatic N) is 1. The van der Waals surface area contributed by atoms with Crippen molar-refractivity contribution >= 4 is 17.7 Å². The molecule has 1 unspecified atom stereocenters. The van der Waals surface area contributed by atoms with Crippen LogP contribution in [0.5, 0.6) is 0 Å². The highest BCUT2D eigenvalue weighted by molar-refractivity contribution is 5.90. The Hall–Kier alpha value is -1.63. The summed E-state index contributed by atoms with van der Waals surface area (Å²) in [6.45, 7) is 1.55. The molecule has 0 bridgehead atoms. The maximum Gasteiger partial charge on any atom is 0.242 e. The number of hydrogen-bond donors (Lipinski definition) is 3. The van der Waals surface area contributed by atoms with Crippen molar-refractivity contribution in [2.24, 2.45) is 0 Å². The molecule has 2 heterocycles. The van der Waals surface area contributed by atoms with E-state index in [1.165, 1.54) is 4.90 Å². The van der Waals surface area contributed by atoms with Crippen molar-refractivity contribution < 1.29 is 14.4 Å². The fourth-order valence-electron chi connectivity index (χ4n) is 1.79. The summed E-state index contributed by atoms with van der Waals surface area (Å²) in [5.74, 6) is -0.380. The van der Waals surface area contributed by atoms with Crippen molar-refractivity contribution in [1.82, 2.24) is 20.9 Å². The van der Waals surface area contributed by atoms with Gasteiger partial charge in [-0.15, -0.1) is 0 Å². The molecule has 0 aromatic carbocycles. The van der Waals surface area contributed by atoms with Gasteiger partial charge < -0.3 is 15.5 Å². The van der Waals surface area contributed by atoms with Gasteiger partial charge in [0.2, 0.25) is 17.7 Å². The average Bonchev–Trinajstić information content (AvgIpc) is 2.29. The highest BCUT2D eigenvalue weighted by Gasteiger charge is 2.30. The minimum absolute atomic E-state index is 0.102. The van der Waals surface area contributed by atoms with E-state index in [-0.39, 0.29) is 37.4 Å². The summed E-state index contributed by atoms with van der Waals surface area (Å²) in [4.78, 5) is 35.5. The summed E-state index contributed by atoms with van der Waals surface area (Å²) < 4.78 is 0. The lowest BCUT2D eigenvalue weighted by Gasteiger charge is -2.32. The third kappa shape index (κ3) is 2.30. The van der Waals surface area contributed by atoms with Gasteiger partial charge in [0, 0.05) is 19.6 Å². The second kappa shape index (κ2) is 4.48. The lowest BCUT2D eigenvalue weighted by molar-refractivity contribution is -0.140. The number of piperazine rings is 2. The third-order valence-corrected chi connectivity index (χ3v) is 2.66. The van der Waals surface area contributed by atoms with Crippen LogP contribution in [0.3, 0.4) is 0 Å². The Labute approximate surface area is 92.5 Å². The van der Waals surface area contributed by atoms with Crippen LogP contribution in [-0.4, -0.2) is 61.4 Å². The molecule has 2 aliphatic rings. The molecule has 16 heavy (non-hydrogen) atoms. The number of nitrogens with one attached hydrogen (secondary N) is 3. The van der Waals surface area contributed by atoms with Crippen LogP contribution in [0.25, 0.3) is 0 Å². The highest BCUT2D eigenvalue weighted by Crippen LogP contribution is 2.00. The van der Waals surface area contributed by atoms with Crippen molar-refractivity contribution in [2.45, 2.75) is 6.04 Å². The minimum atomic E-state index is -0.413. The summed E-state index contributed by atoms with van der Waals surface area (Å²) in [6, 6.07) is -0.413. The molecule has 0 radical (unpaired) electrons. The smallest absolute Gasteiger partial charge is 0.242 e. The molecule has 3 N–H and O–H groups in total. The van der Waals surface area contributed by atoms with E-state index in [2.05, 4.69) is 16.0 Å². The Bertz CT molecular complexity index is 321. The SMILES string of the molecule is O=C1CNC(C(=O)N2CCNC(=O)C2)CN1. The Balaban J connectivity index is 1.91. The quantitative estimate of drug-likeness (QED) is 0.445. The third-order valence-electron chi connectivity index (χ3n) is 2.66. The van der Waals surface area contributed by atoms with E-state index in [4.69, 9.17) is 0 Å². The molecule has 2 saturated heterocycles. The van der Waals surface area contributed by atoms with Crippen molar-refractivity contribution in [1.29, 1.82) is 0 Å². The van der Waals surface area contributed by atoms with Crippen LogP contribution in [-0.2, 0) is 14.4 Å². The molecule has 2 aliphatic heterocycles. The molecule has 0 spiro atoms. The van der Waals surface area contributed by atoms with Crippen LogP contribution in [0.2, 0.25) is 0 Å². The van der Waals surface area contributed by atoms with E-state index in [9.17, 15) is 14.4 Å². The van der Waals surface area contributed by atoms with Crippen molar-refractivity contribution in [3.05, 3.63) is 0 Å².